The van der Waals surface area contributed by atoms with Crippen molar-refractivity contribution in [2.24, 2.45) is 0 Å². The summed E-state index contributed by atoms with van der Waals surface area (Å²) in [5, 5.41) is 0. The first-order chi connectivity index (χ1) is 11.7. The van der Waals surface area contributed by atoms with E-state index in [1.165, 1.54) is 12.1 Å². The minimum Gasteiger partial charge on any atom is -0.432 e. The van der Waals surface area contributed by atoms with E-state index in [0.29, 0.717) is 13.0 Å². The summed E-state index contributed by atoms with van der Waals surface area (Å²) in [7, 11) is -4.35. The summed E-state index contributed by atoms with van der Waals surface area (Å²) in [6.07, 6.45) is 5.50. The van der Waals surface area contributed by atoms with Crippen LogP contribution in [0.3, 0.4) is 0 Å². The van der Waals surface area contributed by atoms with Gasteiger partial charge >= 0.3 is 0 Å². The Kier molecular flexibility index (Phi) is 9.06. The molecule has 1 aromatic rings. The van der Waals surface area contributed by atoms with E-state index < -0.39 is 20.0 Å². The fourth-order valence-electron chi connectivity index (χ4n) is 2.43. The molecule has 0 saturated carbocycles. The van der Waals surface area contributed by atoms with Crippen LogP contribution in [0.5, 0.6) is 0 Å². The molecule has 25 heavy (non-hydrogen) atoms. The maximum atomic E-state index is 12.2. The molecule has 0 spiro atoms. The van der Waals surface area contributed by atoms with Crippen LogP contribution in [0.1, 0.15) is 51.0 Å². The standard InChI is InChI=1S/C17H29N2O4S2/c1-4-5-6-7-8-9-14-24(20,21)18-25(22,23)17-12-10-16(11-13-17)15-19(2)3/h10-13H,4-9,14-15H2,1-3H3/q-1. The van der Waals surface area contributed by atoms with Gasteiger partial charge in [-0.1, -0.05) is 51.2 Å². The summed E-state index contributed by atoms with van der Waals surface area (Å²) in [5.41, 5.74) is 0.943. The van der Waals surface area contributed by atoms with Crippen LogP contribution in [0.25, 0.3) is 4.13 Å². The highest BCUT2D eigenvalue weighted by Crippen LogP contribution is 2.22. The molecule has 0 aromatic heterocycles. The number of sulfonamides is 2. The second-order valence-electron chi connectivity index (χ2n) is 6.49. The van der Waals surface area contributed by atoms with Gasteiger partial charge in [0.2, 0.25) is 0 Å². The van der Waals surface area contributed by atoms with Crippen molar-refractivity contribution in [3.05, 3.63) is 34.0 Å². The van der Waals surface area contributed by atoms with Gasteiger partial charge in [-0.05, 0) is 38.2 Å². The molecule has 144 valence electrons. The highest BCUT2D eigenvalue weighted by molar-refractivity contribution is 8.12. The molecule has 0 bridgehead atoms. The predicted octanol–water partition coefficient (Wildman–Crippen LogP) is 3.50. The Hall–Kier alpha value is -0.960. The Balaban J connectivity index is 2.60. The lowest BCUT2D eigenvalue weighted by molar-refractivity contribution is 0.402. The normalized spacial score (nSPS) is 12.6. The highest BCUT2D eigenvalue weighted by Gasteiger charge is 2.11. The quantitative estimate of drug-likeness (QED) is 0.511. The van der Waals surface area contributed by atoms with Crippen LogP contribution in [0.15, 0.2) is 29.2 Å². The molecule has 1 aromatic carbocycles. The minimum atomic E-state index is -4.19. The van der Waals surface area contributed by atoms with Gasteiger partial charge in [-0.15, -0.1) is 0 Å². The summed E-state index contributed by atoms with van der Waals surface area (Å²) >= 11 is 0. The SMILES string of the molecule is CCCCCCCCS(=O)(=O)[N-]S(=O)(=O)c1ccc(CN(C)C)cc1. The van der Waals surface area contributed by atoms with E-state index in [1.807, 2.05) is 19.0 Å². The fraction of sp³-hybridized carbons (Fsp3) is 0.647. The molecule has 0 atom stereocenters. The number of rotatable bonds is 12. The van der Waals surface area contributed by atoms with Crippen LogP contribution in [-0.4, -0.2) is 41.6 Å². The van der Waals surface area contributed by atoms with Crippen molar-refractivity contribution in [3.63, 3.8) is 0 Å². The Morgan fingerprint density at radius 1 is 0.880 bits per heavy atom. The Morgan fingerprint density at radius 3 is 2.00 bits per heavy atom. The van der Waals surface area contributed by atoms with Gasteiger partial charge in [0, 0.05) is 17.2 Å². The second kappa shape index (κ2) is 10.3. The van der Waals surface area contributed by atoms with Crippen LogP contribution in [-0.2, 0) is 26.6 Å². The molecule has 0 aliphatic rings. The van der Waals surface area contributed by atoms with E-state index in [-0.39, 0.29) is 10.6 Å². The summed E-state index contributed by atoms with van der Waals surface area (Å²) in [4.78, 5) is 1.86. The monoisotopic (exact) mass is 389 g/mol. The molecule has 8 heteroatoms. The first kappa shape index (κ1) is 22.1. The minimum absolute atomic E-state index is 0.0958. The Morgan fingerprint density at radius 2 is 1.44 bits per heavy atom. The van der Waals surface area contributed by atoms with E-state index in [9.17, 15) is 16.8 Å². The van der Waals surface area contributed by atoms with Crippen molar-refractivity contribution in [1.82, 2.24) is 4.90 Å². The van der Waals surface area contributed by atoms with Gasteiger partial charge in [0.1, 0.15) is 10.0 Å². The number of benzene rings is 1. The van der Waals surface area contributed by atoms with Crippen LogP contribution >= 0.6 is 0 Å². The van der Waals surface area contributed by atoms with Gasteiger partial charge in [0.05, 0.1) is 10.0 Å². The molecule has 0 unspecified atom stereocenters. The zero-order valence-corrected chi connectivity index (χ0v) is 16.9. The van der Waals surface area contributed by atoms with E-state index in [4.69, 9.17) is 0 Å². The van der Waals surface area contributed by atoms with Crippen LogP contribution in [0.2, 0.25) is 0 Å². The molecule has 0 amide bonds. The summed E-state index contributed by atoms with van der Waals surface area (Å²) in [6, 6.07) is 6.14. The van der Waals surface area contributed by atoms with Crippen LogP contribution < -0.4 is 0 Å². The van der Waals surface area contributed by atoms with Gasteiger partial charge in [-0.2, -0.15) is 0 Å². The van der Waals surface area contributed by atoms with E-state index in [0.717, 1.165) is 37.7 Å². The first-order valence-electron chi connectivity index (χ1n) is 8.62. The average Bonchev–Trinajstić information content (AvgIpc) is 2.49. The first-order valence-corrected chi connectivity index (χ1v) is 11.7. The zero-order chi connectivity index (χ0) is 18.9. The van der Waals surface area contributed by atoms with Gasteiger partial charge in [-0.3, -0.25) is 0 Å². The molecular weight excluding hydrogens is 360 g/mol. The highest BCUT2D eigenvalue weighted by atomic mass is 32.3. The number of hydrogen-bond acceptors (Lipinski definition) is 5. The van der Waals surface area contributed by atoms with Gasteiger partial charge in [0.15, 0.2) is 0 Å². The van der Waals surface area contributed by atoms with E-state index >= 15 is 0 Å². The third kappa shape index (κ3) is 8.80. The van der Waals surface area contributed by atoms with Crippen molar-refractivity contribution < 1.29 is 16.8 Å². The third-order valence-electron chi connectivity index (χ3n) is 3.69. The van der Waals surface area contributed by atoms with Gasteiger partial charge < -0.3 is 9.03 Å². The smallest absolute Gasteiger partial charge is 0.112 e. The lowest BCUT2D eigenvalue weighted by Gasteiger charge is -2.21. The maximum absolute atomic E-state index is 12.2. The van der Waals surface area contributed by atoms with Crippen molar-refractivity contribution in [2.45, 2.75) is 56.9 Å². The van der Waals surface area contributed by atoms with E-state index in [2.05, 4.69) is 11.1 Å². The lowest BCUT2D eigenvalue weighted by Crippen LogP contribution is -2.12. The van der Waals surface area contributed by atoms with Crippen molar-refractivity contribution in [1.29, 1.82) is 0 Å². The van der Waals surface area contributed by atoms with Crippen molar-refractivity contribution in [3.8, 4) is 0 Å². The Labute approximate surface area is 152 Å². The Bertz CT molecular complexity index is 712. The topological polar surface area (TPSA) is 85.6 Å². The third-order valence-corrected chi connectivity index (χ3v) is 7.05. The van der Waals surface area contributed by atoms with Crippen molar-refractivity contribution >= 4 is 20.0 Å². The largest absolute Gasteiger partial charge is 0.432 e. The molecule has 0 radical (unpaired) electrons. The fourth-order valence-corrected chi connectivity index (χ4v) is 5.31. The molecular formula is C17H29N2O4S2-. The zero-order valence-electron chi connectivity index (χ0n) is 15.3. The summed E-state index contributed by atoms with van der Waals surface area (Å²) in [6.45, 7) is 2.79. The number of unbranched alkanes of at least 4 members (excludes halogenated alkanes) is 5. The number of nitrogens with zero attached hydrogens (tertiary/aromatic N) is 2. The van der Waals surface area contributed by atoms with Gasteiger partial charge in [0.25, 0.3) is 0 Å². The number of hydrogen-bond donors (Lipinski definition) is 0. The molecule has 0 saturated heterocycles. The van der Waals surface area contributed by atoms with Crippen LogP contribution in [0, 0.1) is 0 Å². The molecule has 6 nitrogen and oxygen atoms in total. The second-order valence-corrected chi connectivity index (χ2v) is 10.1. The predicted molar refractivity (Wildman–Crippen MR) is 102 cm³/mol. The molecule has 0 heterocycles. The van der Waals surface area contributed by atoms with E-state index in [1.54, 1.807) is 12.1 Å². The van der Waals surface area contributed by atoms with Crippen LogP contribution in [0.4, 0.5) is 0 Å². The summed E-state index contributed by atoms with van der Waals surface area (Å²) < 4.78 is 51.5. The summed E-state index contributed by atoms with van der Waals surface area (Å²) in [5.74, 6) is -0.225. The molecule has 0 N–H and O–H groups in total. The average molecular weight is 390 g/mol. The maximum Gasteiger partial charge on any atom is 0.112 e. The molecule has 0 aliphatic carbocycles. The molecule has 0 fully saturated rings. The lowest BCUT2D eigenvalue weighted by atomic mass is 10.1. The molecule has 1 rings (SSSR count). The van der Waals surface area contributed by atoms with Crippen molar-refractivity contribution in [2.75, 3.05) is 19.8 Å². The van der Waals surface area contributed by atoms with Gasteiger partial charge in [-0.25, -0.2) is 16.8 Å². The molecule has 0 aliphatic heterocycles.